The summed E-state index contributed by atoms with van der Waals surface area (Å²) in [5.41, 5.74) is 2.29. The number of amides is 2. The number of nitrogens with one attached hydrogen (secondary N) is 1. The fraction of sp³-hybridized carbons (Fsp3) is 0.440. The lowest BCUT2D eigenvalue weighted by atomic mass is 9.99. The van der Waals surface area contributed by atoms with E-state index in [1.165, 1.54) is 5.56 Å². The Hall–Kier alpha value is -2.31. The molecule has 1 N–H and O–H groups in total. The SMILES string of the molecule is O=C(CN1CCCC1C(=O)N1CCSCC1)NC(Cc1ccccc1)c1ccccc1. The highest BCUT2D eigenvalue weighted by atomic mass is 32.2. The molecule has 2 heterocycles. The van der Waals surface area contributed by atoms with Crippen LogP contribution in [0.2, 0.25) is 0 Å². The van der Waals surface area contributed by atoms with Crippen LogP contribution in [0, 0.1) is 0 Å². The average Bonchev–Trinajstić information content (AvgIpc) is 3.28. The van der Waals surface area contributed by atoms with E-state index in [0.717, 1.165) is 56.0 Å². The van der Waals surface area contributed by atoms with E-state index in [0.29, 0.717) is 0 Å². The maximum absolute atomic E-state index is 13.0. The number of hydrogen-bond acceptors (Lipinski definition) is 4. The molecule has 2 amide bonds. The highest BCUT2D eigenvalue weighted by molar-refractivity contribution is 7.99. The molecule has 2 fully saturated rings. The molecule has 2 atom stereocenters. The second-order valence-electron chi connectivity index (χ2n) is 8.29. The summed E-state index contributed by atoms with van der Waals surface area (Å²) >= 11 is 1.90. The van der Waals surface area contributed by atoms with E-state index < -0.39 is 0 Å². The fourth-order valence-electron chi connectivity index (χ4n) is 4.50. The van der Waals surface area contributed by atoms with Gasteiger partial charge in [-0.25, -0.2) is 0 Å². The first kappa shape index (κ1) is 21.9. The molecule has 0 aliphatic carbocycles. The van der Waals surface area contributed by atoms with Gasteiger partial charge in [-0.05, 0) is 36.9 Å². The summed E-state index contributed by atoms with van der Waals surface area (Å²) in [6, 6.07) is 20.1. The second kappa shape index (κ2) is 10.8. The van der Waals surface area contributed by atoms with Gasteiger partial charge in [0.15, 0.2) is 0 Å². The molecule has 6 heteroatoms. The zero-order valence-electron chi connectivity index (χ0n) is 17.9. The Labute approximate surface area is 189 Å². The van der Waals surface area contributed by atoms with E-state index >= 15 is 0 Å². The number of carbonyl (C=O) groups excluding carboxylic acids is 2. The molecule has 0 spiro atoms. The van der Waals surface area contributed by atoms with Crippen LogP contribution in [-0.4, -0.2) is 65.3 Å². The van der Waals surface area contributed by atoms with Gasteiger partial charge in [0.1, 0.15) is 0 Å². The molecule has 2 aromatic rings. The molecule has 4 rings (SSSR count). The third-order valence-electron chi connectivity index (χ3n) is 6.14. The number of thioether (sulfide) groups is 1. The van der Waals surface area contributed by atoms with Crippen molar-refractivity contribution >= 4 is 23.6 Å². The molecule has 2 aliphatic heterocycles. The van der Waals surface area contributed by atoms with Gasteiger partial charge in [0.2, 0.25) is 11.8 Å². The molecule has 2 saturated heterocycles. The smallest absolute Gasteiger partial charge is 0.239 e. The van der Waals surface area contributed by atoms with Crippen LogP contribution in [0.4, 0.5) is 0 Å². The van der Waals surface area contributed by atoms with E-state index in [4.69, 9.17) is 0 Å². The Kier molecular flexibility index (Phi) is 7.65. The molecule has 164 valence electrons. The highest BCUT2D eigenvalue weighted by Crippen LogP contribution is 2.22. The van der Waals surface area contributed by atoms with Crippen molar-refractivity contribution in [3.8, 4) is 0 Å². The van der Waals surface area contributed by atoms with Crippen molar-refractivity contribution in [2.45, 2.75) is 31.3 Å². The van der Waals surface area contributed by atoms with E-state index in [9.17, 15) is 9.59 Å². The van der Waals surface area contributed by atoms with Crippen LogP contribution in [-0.2, 0) is 16.0 Å². The van der Waals surface area contributed by atoms with E-state index in [2.05, 4.69) is 34.5 Å². The number of rotatable bonds is 7. The Morgan fingerprint density at radius 3 is 2.35 bits per heavy atom. The molecule has 0 bridgehead atoms. The van der Waals surface area contributed by atoms with E-state index in [1.54, 1.807) is 0 Å². The summed E-state index contributed by atoms with van der Waals surface area (Å²) in [6.07, 6.45) is 2.56. The number of benzene rings is 2. The molecular weight excluding hydrogens is 406 g/mol. The second-order valence-corrected chi connectivity index (χ2v) is 9.51. The molecule has 2 aliphatic rings. The Morgan fingerprint density at radius 1 is 0.968 bits per heavy atom. The zero-order chi connectivity index (χ0) is 21.5. The molecule has 5 nitrogen and oxygen atoms in total. The summed E-state index contributed by atoms with van der Waals surface area (Å²) in [5.74, 6) is 2.21. The number of likely N-dealkylation sites (tertiary alicyclic amines) is 1. The van der Waals surface area contributed by atoms with Crippen molar-refractivity contribution in [2.24, 2.45) is 0 Å². The number of carbonyl (C=O) groups is 2. The largest absolute Gasteiger partial charge is 0.348 e. The Balaban J connectivity index is 1.40. The van der Waals surface area contributed by atoms with Gasteiger partial charge in [-0.15, -0.1) is 0 Å². The van der Waals surface area contributed by atoms with Crippen LogP contribution in [0.5, 0.6) is 0 Å². The maximum Gasteiger partial charge on any atom is 0.239 e. The summed E-state index contributed by atoms with van der Waals surface area (Å²) in [7, 11) is 0. The monoisotopic (exact) mass is 437 g/mol. The van der Waals surface area contributed by atoms with E-state index in [-0.39, 0.29) is 30.4 Å². The van der Waals surface area contributed by atoms with Crippen LogP contribution < -0.4 is 5.32 Å². The lowest BCUT2D eigenvalue weighted by molar-refractivity contribution is -0.136. The Bertz CT molecular complexity index is 856. The van der Waals surface area contributed by atoms with Gasteiger partial charge < -0.3 is 10.2 Å². The average molecular weight is 438 g/mol. The molecular formula is C25H31N3O2S. The normalized spacial score (nSPS) is 20.4. The first-order valence-electron chi connectivity index (χ1n) is 11.2. The maximum atomic E-state index is 13.0. The summed E-state index contributed by atoms with van der Waals surface area (Å²) < 4.78 is 0. The lowest BCUT2D eigenvalue weighted by Crippen LogP contribution is -2.50. The third kappa shape index (κ3) is 5.89. The summed E-state index contributed by atoms with van der Waals surface area (Å²) in [4.78, 5) is 30.1. The van der Waals surface area contributed by atoms with E-state index in [1.807, 2.05) is 53.1 Å². The predicted molar refractivity (Wildman–Crippen MR) is 126 cm³/mol. The zero-order valence-corrected chi connectivity index (χ0v) is 18.7. The number of hydrogen-bond donors (Lipinski definition) is 1. The van der Waals surface area contributed by atoms with Crippen molar-refractivity contribution in [1.29, 1.82) is 0 Å². The molecule has 31 heavy (non-hydrogen) atoms. The van der Waals surface area contributed by atoms with Crippen LogP contribution in [0.25, 0.3) is 0 Å². The third-order valence-corrected chi connectivity index (χ3v) is 7.08. The lowest BCUT2D eigenvalue weighted by Gasteiger charge is -2.32. The molecule has 2 aromatic carbocycles. The molecule has 0 aromatic heterocycles. The minimum Gasteiger partial charge on any atom is -0.348 e. The van der Waals surface area contributed by atoms with Crippen molar-refractivity contribution in [2.75, 3.05) is 37.7 Å². The van der Waals surface area contributed by atoms with Gasteiger partial charge in [-0.2, -0.15) is 11.8 Å². The Morgan fingerprint density at radius 2 is 1.65 bits per heavy atom. The minimum atomic E-state index is -0.154. The first-order valence-corrected chi connectivity index (χ1v) is 12.3. The highest BCUT2D eigenvalue weighted by Gasteiger charge is 2.35. The minimum absolute atomic E-state index is 0.0151. The number of nitrogens with zero attached hydrogens (tertiary/aromatic N) is 2. The van der Waals surface area contributed by atoms with Crippen LogP contribution in [0.1, 0.15) is 30.0 Å². The summed E-state index contributed by atoms with van der Waals surface area (Å²) in [5, 5.41) is 3.24. The van der Waals surface area contributed by atoms with Gasteiger partial charge in [-0.3, -0.25) is 14.5 Å². The van der Waals surface area contributed by atoms with Crippen molar-refractivity contribution in [3.63, 3.8) is 0 Å². The van der Waals surface area contributed by atoms with Crippen LogP contribution in [0.15, 0.2) is 60.7 Å². The molecule has 0 radical (unpaired) electrons. The van der Waals surface area contributed by atoms with Gasteiger partial charge >= 0.3 is 0 Å². The van der Waals surface area contributed by atoms with Gasteiger partial charge in [-0.1, -0.05) is 60.7 Å². The van der Waals surface area contributed by atoms with Gasteiger partial charge in [0.25, 0.3) is 0 Å². The van der Waals surface area contributed by atoms with Crippen LogP contribution >= 0.6 is 11.8 Å². The first-order chi connectivity index (χ1) is 15.2. The van der Waals surface area contributed by atoms with Crippen molar-refractivity contribution < 1.29 is 9.59 Å². The van der Waals surface area contributed by atoms with Crippen molar-refractivity contribution in [3.05, 3.63) is 71.8 Å². The van der Waals surface area contributed by atoms with Gasteiger partial charge in [0.05, 0.1) is 18.6 Å². The standard InChI is InChI=1S/C25H31N3O2S/c29-24(19-28-13-7-12-23(28)25(30)27-14-16-31-17-15-27)26-22(21-10-5-2-6-11-21)18-20-8-3-1-4-9-20/h1-6,8-11,22-23H,7,12-19H2,(H,26,29). The molecule has 0 saturated carbocycles. The van der Waals surface area contributed by atoms with Crippen LogP contribution in [0.3, 0.4) is 0 Å². The topological polar surface area (TPSA) is 52.7 Å². The summed E-state index contributed by atoms with van der Waals surface area (Å²) in [6.45, 7) is 2.73. The van der Waals surface area contributed by atoms with Gasteiger partial charge in [0, 0.05) is 24.6 Å². The fourth-order valence-corrected chi connectivity index (χ4v) is 5.40. The molecule has 2 unspecified atom stereocenters. The predicted octanol–water partition coefficient (Wildman–Crippen LogP) is 3.13. The quantitative estimate of drug-likeness (QED) is 0.723. The van der Waals surface area contributed by atoms with Crippen molar-refractivity contribution in [1.82, 2.24) is 15.1 Å².